The lowest BCUT2D eigenvalue weighted by molar-refractivity contribution is 0.412. The number of rotatable bonds is 5. The summed E-state index contributed by atoms with van der Waals surface area (Å²) in [5.41, 5.74) is 3.43. The molecule has 2 aromatic rings. The molecule has 0 atom stereocenters. The van der Waals surface area contributed by atoms with Crippen LogP contribution < -0.4 is 10.1 Å². The Bertz CT molecular complexity index is 593. The van der Waals surface area contributed by atoms with Crippen LogP contribution in [0.3, 0.4) is 0 Å². The van der Waals surface area contributed by atoms with Gasteiger partial charge >= 0.3 is 0 Å². The monoisotopic (exact) mass is 337 g/mol. The Kier molecular flexibility index (Phi) is 4.70. The molecule has 1 heterocycles. The summed E-state index contributed by atoms with van der Waals surface area (Å²) in [7, 11) is 3.62. The lowest BCUT2D eigenvalue weighted by atomic mass is 10.1. The molecule has 0 amide bonds. The topological polar surface area (TPSA) is 39.1 Å². The van der Waals surface area contributed by atoms with Crippen molar-refractivity contribution in [3.05, 3.63) is 40.1 Å². The minimum Gasteiger partial charge on any atom is -0.496 e. The fourth-order valence-electron chi connectivity index (χ4n) is 2.15. The zero-order chi connectivity index (χ0) is 14.7. The number of halogens is 1. The van der Waals surface area contributed by atoms with Crippen LogP contribution in [0, 0.1) is 0 Å². The van der Waals surface area contributed by atoms with Gasteiger partial charge in [0.25, 0.3) is 0 Å². The first-order valence-electron chi connectivity index (χ1n) is 6.61. The van der Waals surface area contributed by atoms with Gasteiger partial charge in [0, 0.05) is 31.0 Å². The van der Waals surface area contributed by atoms with Gasteiger partial charge in [0.15, 0.2) is 0 Å². The highest BCUT2D eigenvalue weighted by Gasteiger charge is 2.11. The van der Waals surface area contributed by atoms with E-state index in [1.165, 1.54) is 5.56 Å². The van der Waals surface area contributed by atoms with E-state index in [0.717, 1.165) is 28.1 Å². The molecule has 0 unspecified atom stereocenters. The number of hydrogen-bond acceptors (Lipinski definition) is 3. The number of aryl methyl sites for hydroxylation is 1. The molecule has 0 spiro atoms. The number of benzene rings is 1. The first-order valence-corrected chi connectivity index (χ1v) is 7.40. The molecule has 0 fully saturated rings. The Morgan fingerprint density at radius 3 is 2.75 bits per heavy atom. The maximum Gasteiger partial charge on any atom is 0.133 e. The molecule has 20 heavy (non-hydrogen) atoms. The fraction of sp³-hybridized carbons (Fsp3) is 0.400. The second-order valence-corrected chi connectivity index (χ2v) is 5.93. The molecule has 1 N–H and O–H groups in total. The van der Waals surface area contributed by atoms with E-state index in [1.807, 2.05) is 29.9 Å². The van der Waals surface area contributed by atoms with Gasteiger partial charge in [-0.05, 0) is 40.0 Å². The highest BCUT2D eigenvalue weighted by atomic mass is 79.9. The molecule has 0 aliphatic carbocycles. The summed E-state index contributed by atoms with van der Waals surface area (Å²) in [4.78, 5) is 0. The van der Waals surface area contributed by atoms with E-state index in [2.05, 4.69) is 46.4 Å². The quantitative estimate of drug-likeness (QED) is 0.898. The van der Waals surface area contributed by atoms with Crippen LogP contribution in [0.25, 0.3) is 0 Å². The van der Waals surface area contributed by atoms with Gasteiger partial charge in [-0.3, -0.25) is 4.68 Å². The maximum atomic E-state index is 5.23. The predicted octanol–water partition coefficient (Wildman–Crippen LogP) is 3.93. The van der Waals surface area contributed by atoms with Gasteiger partial charge in [-0.15, -0.1) is 0 Å². The Morgan fingerprint density at radius 1 is 1.40 bits per heavy atom. The van der Waals surface area contributed by atoms with Crippen molar-refractivity contribution in [1.29, 1.82) is 0 Å². The minimum absolute atomic E-state index is 0.426. The van der Waals surface area contributed by atoms with Crippen molar-refractivity contribution < 1.29 is 4.74 Å². The van der Waals surface area contributed by atoms with Gasteiger partial charge < -0.3 is 10.1 Å². The molecule has 0 saturated carbocycles. The van der Waals surface area contributed by atoms with Crippen LogP contribution in [-0.2, 0) is 13.6 Å². The normalized spacial score (nSPS) is 10.9. The number of nitrogens with zero attached hydrogens (tertiary/aromatic N) is 2. The Labute approximate surface area is 128 Å². The molecular weight excluding hydrogens is 318 g/mol. The molecule has 0 radical (unpaired) electrons. The van der Waals surface area contributed by atoms with Crippen molar-refractivity contribution in [2.24, 2.45) is 7.05 Å². The molecule has 1 aromatic heterocycles. The van der Waals surface area contributed by atoms with Crippen LogP contribution in [0.5, 0.6) is 5.75 Å². The van der Waals surface area contributed by atoms with E-state index < -0.39 is 0 Å². The highest BCUT2D eigenvalue weighted by molar-refractivity contribution is 9.10. The second-order valence-electron chi connectivity index (χ2n) is 5.07. The van der Waals surface area contributed by atoms with E-state index in [4.69, 9.17) is 4.74 Å². The van der Waals surface area contributed by atoms with E-state index in [9.17, 15) is 0 Å². The Hall–Kier alpha value is -1.49. The van der Waals surface area contributed by atoms with Gasteiger partial charge in [-0.2, -0.15) is 5.10 Å². The lowest BCUT2D eigenvalue weighted by Gasteiger charge is -2.10. The first-order chi connectivity index (χ1) is 9.51. The van der Waals surface area contributed by atoms with Crippen molar-refractivity contribution in [3.8, 4) is 5.75 Å². The molecule has 0 aliphatic heterocycles. The lowest BCUT2D eigenvalue weighted by Crippen LogP contribution is -2.02. The summed E-state index contributed by atoms with van der Waals surface area (Å²) in [5, 5.41) is 7.94. The average molecular weight is 338 g/mol. The molecule has 4 nitrogen and oxygen atoms in total. The zero-order valence-electron chi connectivity index (χ0n) is 12.3. The van der Waals surface area contributed by atoms with Crippen molar-refractivity contribution in [1.82, 2.24) is 9.78 Å². The van der Waals surface area contributed by atoms with E-state index in [0.29, 0.717) is 5.92 Å². The second kappa shape index (κ2) is 6.31. The van der Waals surface area contributed by atoms with Gasteiger partial charge in [-0.25, -0.2) is 0 Å². The number of ether oxygens (including phenoxy) is 1. The van der Waals surface area contributed by atoms with Crippen LogP contribution in [0.2, 0.25) is 0 Å². The van der Waals surface area contributed by atoms with Crippen LogP contribution in [0.4, 0.5) is 5.69 Å². The van der Waals surface area contributed by atoms with Crippen molar-refractivity contribution >= 4 is 21.6 Å². The van der Waals surface area contributed by atoms with Crippen LogP contribution >= 0.6 is 15.9 Å². The van der Waals surface area contributed by atoms with E-state index >= 15 is 0 Å². The van der Waals surface area contributed by atoms with Crippen molar-refractivity contribution in [3.63, 3.8) is 0 Å². The Balaban J connectivity index is 2.11. The van der Waals surface area contributed by atoms with Gasteiger partial charge in [0.1, 0.15) is 5.75 Å². The number of anilines is 1. The minimum atomic E-state index is 0.426. The molecule has 1 aromatic carbocycles. The molecule has 2 rings (SSSR count). The summed E-state index contributed by atoms with van der Waals surface area (Å²) >= 11 is 3.49. The van der Waals surface area contributed by atoms with Gasteiger partial charge in [0.2, 0.25) is 0 Å². The van der Waals surface area contributed by atoms with E-state index in [1.54, 1.807) is 7.11 Å². The Morgan fingerprint density at radius 2 is 2.15 bits per heavy atom. The summed E-state index contributed by atoms with van der Waals surface area (Å²) in [6, 6.07) is 5.97. The average Bonchev–Trinajstić information content (AvgIpc) is 2.78. The SMILES string of the molecule is COc1ccc(NCc2cn(C)nc2C(C)C)cc1Br. The summed E-state index contributed by atoms with van der Waals surface area (Å²) < 4.78 is 8.04. The van der Waals surface area contributed by atoms with Gasteiger partial charge in [-0.1, -0.05) is 13.8 Å². The molecule has 0 bridgehead atoms. The molecule has 0 aliphatic rings. The number of hydrogen-bond donors (Lipinski definition) is 1. The van der Waals surface area contributed by atoms with E-state index in [-0.39, 0.29) is 0 Å². The molecule has 0 saturated heterocycles. The standard InChI is InChI=1S/C15H20BrN3O/c1-10(2)15-11(9-19(3)18-15)8-17-12-5-6-14(20-4)13(16)7-12/h5-7,9-10,17H,8H2,1-4H3. The maximum absolute atomic E-state index is 5.23. The van der Waals surface area contributed by atoms with Crippen molar-refractivity contribution in [2.75, 3.05) is 12.4 Å². The largest absolute Gasteiger partial charge is 0.496 e. The smallest absolute Gasteiger partial charge is 0.133 e. The van der Waals surface area contributed by atoms with Crippen molar-refractivity contribution in [2.45, 2.75) is 26.3 Å². The molecule has 108 valence electrons. The zero-order valence-corrected chi connectivity index (χ0v) is 13.9. The van der Waals surface area contributed by atoms with Crippen LogP contribution in [0.15, 0.2) is 28.9 Å². The summed E-state index contributed by atoms with van der Waals surface area (Å²) in [6.45, 7) is 5.09. The number of methoxy groups -OCH3 is 1. The van der Waals surface area contributed by atoms with Crippen LogP contribution in [0.1, 0.15) is 31.0 Å². The third kappa shape index (κ3) is 3.33. The molecule has 5 heteroatoms. The third-order valence-corrected chi connectivity index (χ3v) is 3.74. The summed E-state index contributed by atoms with van der Waals surface area (Å²) in [5.74, 6) is 1.26. The third-order valence-electron chi connectivity index (χ3n) is 3.12. The highest BCUT2D eigenvalue weighted by Crippen LogP contribution is 2.28. The molecular formula is C15H20BrN3O. The first kappa shape index (κ1) is 14.9. The fourth-order valence-corrected chi connectivity index (χ4v) is 2.69. The van der Waals surface area contributed by atoms with Crippen LogP contribution in [-0.4, -0.2) is 16.9 Å². The number of nitrogens with one attached hydrogen (secondary N) is 1. The predicted molar refractivity (Wildman–Crippen MR) is 85.3 cm³/mol. The summed E-state index contributed by atoms with van der Waals surface area (Å²) in [6.07, 6.45) is 2.07. The van der Waals surface area contributed by atoms with Gasteiger partial charge in [0.05, 0.1) is 17.3 Å². The number of aromatic nitrogens is 2.